The number of hydrogen-bond acceptors (Lipinski definition) is 5. The molecule has 0 spiro atoms. The van der Waals surface area contributed by atoms with Gasteiger partial charge in [-0.2, -0.15) is 4.98 Å². The largest absolute Gasteiger partial charge is 0.396 e. The lowest BCUT2D eigenvalue weighted by Gasteiger charge is -2.17. The second-order valence-electron chi connectivity index (χ2n) is 3.48. The number of anilines is 2. The van der Waals surface area contributed by atoms with Crippen molar-refractivity contribution in [3.63, 3.8) is 0 Å². The summed E-state index contributed by atoms with van der Waals surface area (Å²) in [6, 6.07) is 1.84. The van der Waals surface area contributed by atoms with Gasteiger partial charge in [-0.1, -0.05) is 0 Å². The van der Waals surface area contributed by atoms with Crippen LogP contribution in [0.4, 0.5) is 11.8 Å². The average Bonchev–Trinajstić information content (AvgIpc) is 2.24. The van der Waals surface area contributed by atoms with E-state index in [0.717, 1.165) is 31.6 Å². The highest BCUT2D eigenvalue weighted by Crippen LogP contribution is 2.09. The highest BCUT2D eigenvalue weighted by atomic mass is 16.2. The quantitative estimate of drug-likeness (QED) is 0.674. The van der Waals surface area contributed by atoms with Crippen LogP contribution in [0, 0.1) is 0 Å². The van der Waals surface area contributed by atoms with E-state index in [2.05, 4.69) is 9.97 Å². The van der Waals surface area contributed by atoms with Crippen molar-refractivity contribution in [3.05, 3.63) is 12.3 Å². The van der Waals surface area contributed by atoms with Gasteiger partial charge in [-0.05, 0) is 25.3 Å². The molecule has 0 aromatic carbocycles. The van der Waals surface area contributed by atoms with Gasteiger partial charge in [0.15, 0.2) is 0 Å². The van der Waals surface area contributed by atoms with Crippen LogP contribution in [0.1, 0.15) is 19.3 Å². The summed E-state index contributed by atoms with van der Waals surface area (Å²) in [7, 11) is 1.97. The van der Waals surface area contributed by atoms with Crippen LogP contribution >= 0.6 is 0 Å². The lowest BCUT2D eigenvalue weighted by molar-refractivity contribution is 0.283. The summed E-state index contributed by atoms with van der Waals surface area (Å²) in [5, 5.41) is 8.63. The summed E-state index contributed by atoms with van der Waals surface area (Å²) in [4.78, 5) is 9.99. The molecular formula is C10H18N4O. The number of unbranched alkanes of at least 4 members (excludes halogenated alkanes) is 2. The molecule has 0 fully saturated rings. The summed E-state index contributed by atoms with van der Waals surface area (Å²) < 4.78 is 0. The van der Waals surface area contributed by atoms with Gasteiger partial charge in [0.2, 0.25) is 5.95 Å². The van der Waals surface area contributed by atoms with E-state index in [1.54, 1.807) is 6.20 Å². The summed E-state index contributed by atoms with van der Waals surface area (Å²) >= 11 is 0. The molecule has 0 saturated carbocycles. The van der Waals surface area contributed by atoms with Crippen LogP contribution in [0.15, 0.2) is 12.3 Å². The average molecular weight is 210 g/mol. The fraction of sp³-hybridized carbons (Fsp3) is 0.600. The number of aliphatic hydroxyl groups excluding tert-OH is 1. The van der Waals surface area contributed by atoms with Crippen molar-refractivity contribution < 1.29 is 5.11 Å². The molecular weight excluding hydrogens is 192 g/mol. The molecule has 0 amide bonds. The third kappa shape index (κ3) is 4.12. The van der Waals surface area contributed by atoms with Crippen LogP contribution in [0.25, 0.3) is 0 Å². The topological polar surface area (TPSA) is 75.3 Å². The van der Waals surface area contributed by atoms with Gasteiger partial charge < -0.3 is 15.7 Å². The van der Waals surface area contributed by atoms with Crippen molar-refractivity contribution in [3.8, 4) is 0 Å². The third-order valence-electron chi connectivity index (χ3n) is 2.20. The van der Waals surface area contributed by atoms with Crippen molar-refractivity contribution in [1.82, 2.24) is 9.97 Å². The molecule has 3 N–H and O–H groups in total. The normalized spacial score (nSPS) is 10.3. The molecule has 5 heteroatoms. The second-order valence-corrected chi connectivity index (χ2v) is 3.48. The van der Waals surface area contributed by atoms with Crippen LogP contribution in [0.2, 0.25) is 0 Å². The van der Waals surface area contributed by atoms with Crippen molar-refractivity contribution in [2.75, 3.05) is 30.8 Å². The minimum Gasteiger partial charge on any atom is -0.396 e. The van der Waals surface area contributed by atoms with Crippen molar-refractivity contribution in [2.45, 2.75) is 19.3 Å². The summed E-state index contributed by atoms with van der Waals surface area (Å²) in [5.41, 5.74) is 5.49. The Kier molecular flexibility index (Phi) is 4.83. The lowest BCUT2D eigenvalue weighted by Crippen LogP contribution is -2.20. The van der Waals surface area contributed by atoms with E-state index in [0.29, 0.717) is 5.95 Å². The summed E-state index contributed by atoms with van der Waals surface area (Å²) in [5.74, 6) is 1.14. The maximum absolute atomic E-state index is 8.63. The van der Waals surface area contributed by atoms with Crippen molar-refractivity contribution in [2.24, 2.45) is 0 Å². The fourth-order valence-electron chi connectivity index (χ4n) is 1.33. The smallest absolute Gasteiger partial charge is 0.221 e. The van der Waals surface area contributed by atoms with Crippen LogP contribution in [0.3, 0.4) is 0 Å². The van der Waals surface area contributed by atoms with E-state index in [9.17, 15) is 0 Å². The molecule has 1 heterocycles. The number of rotatable bonds is 6. The zero-order chi connectivity index (χ0) is 11.1. The number of aromatic nitrogens is 2. The molecule has 0 atom stereocenters. The van der Waals surface area contributed by atoms with E-state index >= 15 is 0 Å². The highest BCUT2D eigenvalue weighted by molar-refractivity contribution is 5.39. The number of nitrogen functional groups attached to an aromatic ring is 1. The Balaban J connectivity index is 2.36. The molecule has 0 aliphatic carbocycles. The molecule has 84 valence electrons. The molecule has 0 aliphatic rings. The summed E-state index contributed by atoms with van der Waals surface area (Å²) in [6.07, 6.45) is 4.59. The number of aliphatic hydroxyl groups is 1. The molecule has 1 aromatic heterocycles. The molecule has 1 rings (SSSR count). The zero-order valence-corrected chi connectivity index (χ0v) is 9.06. The van der Waals surface area contributed by atoms with Crippen molar-refractivity contribution in [1.29, 1.82) is 0 Å². The van der Waals surface area contributed by atoms with E-state index in [1.807, 2.05) is 18.0 Å². The number of hydrogen-bond donors (Lipinski definition) is 2. The SMILES string of the molecule is CN(CCCCCO)c1ccnc(N)n1. The molecule has 0 aliphatic heterocycles. The predicted octanol–water partition coefficient (Wildman–Crippen LogP) is 0.658. The first kappa shape index (κ1) is 11.7. The third-order valence-corrected chi connectivity index (χ3v) is 2.20. The minimum absolute atomic E-state index is 0.268. The van der Waals surface area contributed by atoms with Crippen LogP contribution in [-0.4, -0.2) is 35.3 Å². The Labute approximate surface area is 90.0 Å². The first-order valence-corrected chi connectivity index (χ1v) is 5.14. The number of nitrogens with two attached hydrogens (primary N) is 1. The van der Waals surface area contributed by atoms with Crippen LogP contribution in [0.5, 0.6) is 0 Å². The maximum Gasteiger partial charge on any atom is 0.221 e. The Bertz CT molecular complexity index is 293. The Morgan fingerprint density at radius 3 is 2.87 bits per heavy atom. The Morgan fingerprint density at radius 2 is 2.20 bits per heavy atom. The zero-order valence-electron chi connectivity index (χ0n) is 9.06. The number of nitrogens with zero attached hydrogens (tertiary/aromatic N) is 3. The van der Waals surface area contributed by atoms with Crippen LogP contribution < -0.4 is 10.6 Å². The first-order valence-electron chi connectivity index (χ1n) is 5.14. The highest BCUT2D eigenvalue weighted by Gasteiger charge is 2.02. The molecule has 0 radical (unpaired) electrons. The molecule has 0 unspecified atom stereocenters. The van der Waals surface area contributed by atoms with Gasteiger partial charge >= 0.3 is 0 Å². The van der Waals surface area contributed by atoms with E-state index in [1.165, 1.54) is 0 Å². The maximum atomic E-state index is 8.63. The van der Waals surface area contributed by atoms with Gasteiger partial charge in [0.05, 0.1) is 0 Å². The molecule has 1 aromatic rings. The Morgan fingerprint density at radius 1 is 1.40 bits per heavy atom. The predicted molar refractivity (Wildman–Crippen MR) is 60.7 cm³/mol. The summed E-state index contributed by atoms with van der Waals surface area (Å²) in [6.45, 7) is 1.18. The van der Waals surface area contributed by atoms with Crippen molar-refractivity contribution >= 4 is 11.8 Å². The van der Waals surface area contributed by atoms with Gasteiger partial charge in [-0.25, -0.2) is 4.98 Å². The van der Waals surface area contributed by atoms with Gasteiger partial charge in [0, 0.05) is 26.4 Å². The van der Waals surface area contributed by atoms with Crippen LogP contribution in [-0.2, 0) is 0 Å². The molecule has 0 bridgehead atoms. The second kappa shape index (κ2) is 6.19. The monoisotopic (exact) mass is 210 g/mol. The first-order chi connectivity index (χ1) is 7.24. The molecule has 15 heavy (non-hydrogen) atoms. The standard InChI is InChI=1S/C10H18N4O/c1-14(7-3-2-4-8-15)9-5-6-12-10(11)13-9/h5-6,15H,2-4,7-8H2,1H3,(H2,11,12,13). The van der Waals surface area contributed by atoms with Gasteiger partial charge in [0.1, 0.15) is 5.82 Å². The van der Waals surface area contributed by atoms with E-state index in [4.69, 9.17) is 10.8 Å². The lowest BCUT2D eigenvalue weighted by atomic mass is 10.2. The van der Waals surface area contributed by atoms with Gasteiger partial charge in [-0.3, -0.25) is 0 Å². The van der Waals surface area contributed by atoms with E-state index in [-0.39, 0.29) is 6.61 Å². The fourth-order valence-corrected chi connectivity index (χ4v) is 1.33. The molecule has 5 nitrogen and oxygen atoms in total. The Hall–Kier alpha value is -1.36. The molecule has 0 saturated heterocycles. The van der Waals surface area contributed by atoms with Gasteiger partial charge in [0.25, 0.3) is 0 Å². The van der Waals surface area contributed by atoms with Gasteiger partial charge in [-0.15, -0.1) is 0 Å². The van der Waals surface area contributed by atoms with E-state index < -0.39 is 0 Å². The minimum atomic E-state index is 0.268.